The maximum Gasteiger partial charge on any atom is 0.275 e. The van der Waals surface area contributed by atoms with Crippen LogP contribution in [0.1, 0.15) is 21.6 Å². The molecule has 1 heterocycles. The summed E-state index contributed by atoms with van der Waals surface area (Å²) in [5.41, 5.74) is 5.11. The van der Waals surface area contributed by atoms with Gasteiger partial charge in [0, 0.05) is 11.1 Å². The van der Waals surface area contributed by atoms with Gasteiger partial charge in [-0.2, -0.15) is 0 Å². The van der Waals surface area contributed by atoms with Crippen LogP contribution in [0, 0.1) is 13.8 Å². The van der Waals surface area contributed by atoms with Crippen molar-refractivity contribution in [1.82, 2.24) is 4.98 Å². The first kappa shape index (κ1) is 10.8. The molecule has 0 aliphatic rings. The number of para-hydroxylation sites is 1. The van der Waals surface area contributed by atoms with Gasteiger partial charge in [0.15, 0.2) is 0 Å². The van der Waals surface area contributed by atoms with Crippen molar-refractivity contribution in [3.05, 3.63) is 45.9 Å². The first-order valence-electron chi connectivity index (χ1n) is 4.94. The monoisotopic (exact) mass is 232 g/mol. The number of aryl methyl sites for hydroxylation is 2. The van der Waals surface area contributed by atoms with Gasteiger partial charge in [0.25, 0.3) is 5.91 Å². The molecular formula is C12H12N2OS. The van der Waals surface area contributed by atoms with Gasteiger partial charge in [0.2, 0.25) is 0 Å². The number of rotatable bonds is 2. The van der Waals surface area contributed by atoms with Crippen LogP contribution in [0.2, 0.25) is 0 Å². The van der Waals surface area contributed by atoms with E-state index < -0.39 is 0 Å². The summed E-state index contributed by atoms with van der Waals surface area (Å²) >= 11 is 1.41. The number of nitrogens with one attached hydrogen (secondary N) is 1. The van der Waals surface area contributed by atoms with Crippen LogP contribution in [0.25, 0.3) is 0 Å². The van der Waals surface area contributed by atoms with Crippen molar-refractivity contribution in [2.75, 3.05) is 5.32 Å². The number of carbonyl (C=O) groups is 1. The SMILES string of the molecule is Cc1cccc(C)c1NC(=O)c1cscn1. The quantitative estimate of drug-likeness (QED) is 0.864. The number of anilines is 1. The molecule has 0 saturated heterocycles. The van der Waals surface area contributed by atoms with E-state index in [4.69, 9.17) is 0 Å². The molecule has 4 heteroatoms. The Morgan fingerprint density at radius 2 is 2.00 bits per heavy atom. The molecule has 1 amide bonds. The summed E-state index contributed by atoms with van der Waals surface area (Å²) in [7, 11) is 0. The molecule has 1 aromatic heterocycles. The van der Waals surface area contributed by atoms with E-state index in [1.807, 2.05) is 32.0 Å². The number of benzene rings is 1. The van der Waals surface area contributed by atoms with Crippen LogP contribution in [0.15, 0.2) is 29.1 Å². The number of aromatic nitrogens is 1. The number of thiazole rings is 1. The van der Waals surface area contributed by atoms with Crippen LogP contribution in [-0.4, -0.2) is 10.9 Å². The third-order valence-electron chi connectivity index (χ3n) is 2.38. The number of nitrogens with zero attached hydrogens (tertiary/aromatic N) is 1. The zero-order valence-electron chi connectivity index (χ0n) is 9.15. The first-order valence-corrected chi connectivity index (χ1v) is 5.88. The molecule has 1 aromatic carbocycles. The number of hydrogen-bond acceptors (Lipinski definition) is 3. The van der Waals surface area contributed by atoms with Gasteiger partial charge in [-0.15, -0.1) is 11.3 Å². The Balaban J connectivity index is 2.25. The van der Waals surface area contributed by atoms with Crippen molar-refractivity contribution in [2.24, 2.45) is 0 Å². The van der Waals surface area contributed by atoms with Crippen LogP contribution >= 0.6 is 11.3 Å². The van der Waals surface area contributed by atoms with Crippen molar-refractivity contribution in [1.29, 1.82) is 0 Å². The molecule has 0 atom stereocenters. The molecule has 0 unspecified atom stereocenters. The highest BCUT2D eigenvalue weighted by Crippen LogP contribution is 2.20. The Morgan fingerprint density at radius 3 is 2.56 bits per heavy atom. The van der Waals surface area contributed by atoms with Crippen LogP contribution < -0.4 is 5.32 Å². The van der Waals surface area contributed by atoms with E-state index in [1.54, 1.807) is 10.9 Å². The third kappa shape index (κ3) is 2.12. The molecule has 0 aliphatic heterocycles. The van der Waals surface area contributed by atoms with E-state index in [-0.39, 0.29) is 5.91 Å². The van der Waals surface area contributed by atoms with Crippen LogP contribution in [0.5, 0.6) is 0 Å². The van der Waals surface area contributed by atoms with E-state index in [0.717, 1.165) is 16.8 Å². The predicted octanol–water partition coefficient (Wildman–Crippen LogP) is 3.01. The highest BCUT2D eigenvalue weighted by atomic mass is 32.1. The minimum Gasteiger partial charge on any atom is -0.320 e. The molecule has 0 bridgehead atoms. The standard InChI is InChI=1S/C12H12N2OS/c1-8-4-3-5-9(2)11(8)14-12(15)10-6-16-7-13-10/h3-7H,1-2H3,(H,14,15). The Morgan fingerprint density at radius 1 is 1.31 bits per heavy atom. The van der Waals surface area contributed by atoms with Crippen molar-refractivity contribution >= 4 is 22.9 Å². The lowest BCUT2D eigenvalue weighted by molar-refractivity contribution is 0.102. The van der Waals surface area contributed by atoms with Gasteiger partial charge < -0.3 is 5.32 Å². The van der Waals surface area contributed by atoms with Crippen molar-refractivity contribution in [2.45, 2.75) is 13.8 Å². The highest BCUT2D eigenvalue weighted by molar-refractivity contribution is 7.07. The average molecular weight is 232 g/mol. The maximum absolute atomic E-state index is 11.8. The van der Waals surface area contributed by atoms with Gasteiger partial charge in [-0.3, -0.25) is 4.79 Å². The summed E-state index contributed by atoms with van der Waals surface area (Å²) in [5, 5.41) is 4.63. The lowest BCUT2D eigenvalue weighted by atomic mass is 10.1. The molecular weight excluding hydrogens is 220 g/mol. The topological polar surface area (TPSA) is 42.0 Å². The summed E-state index contributed by atoms with van der Waals surface area (Å²) < 4.78 is 0. The molecule has 0 saturated carbocycles. The van der Waals surface area contributed by atoms with Crippen LogP contribution in [0.3, 0.4) is 0 Å². The smallest absolute Gasteiger partial charge is 0.275 e. The summed E-state index contributed by atoms with van der Waals surface area (Å²) in [4.78, 5) is 15.8. The molecule has 0 fully saturated rings. The fourth-order valence-corrected chi connectivity index (χ4v) is 2.05. The van der Waals surface area contributed by atoms with Crippen LogP contribution in [0.4, 0.5) is 5.69 Å². The second kappa shape index (κ2) is 4.45. The predicted molar refractivity (Wildman–Crippen MR) is 66.0 cm³/mol. The zero-order valence-corrected chi connectivity index (χ0v) is 9.97. The van der Waals surface area contributed by atoms with Crippen molar-refractivity contribution < 1.29 is 4.79 Å². The van der Waals surface area contributed by atoms with Gasteiger partial charge in [-0.05, 0) is 25.0 Å². The lowest BCUT2D eigenvalue weighted by Crippen LogP contribution is -2.13. The molecule has 3 nitrogen and oxygen atoms in total. The molecule has 2 rings (SSSR count). The number of carbonyl (C=O) groups excluding carboxylic acids is 1. The van der Waals surface area contributed by atoms with E-state index in [1.165, 1.54) is 11.3 Å². The average Bonchev–Trinajstić information content (AvgIpc) is 2.76. The molecule has 0 aliphatic carbocycles. The van der Waals surface area contributed by atoms with Gasteiger partial charge in [0.1, 0.15) is 5.69 Å². The van der Waals surface area contributed by atoms with Gasteiger partial charge in [-0.25, -0.2) is 4.98 Å². The van der Waals surface area contributed by atoms with Crippen molar-refractivity contribution in [3.63, 3.8) is 0 Å². The Hall–Kier alpha value is -1.68. The van der Waals surface area contributed by atoms with Gasteiger partial charge in [0.05, 0.1) is 5.51 Å². The molecule has 1 N–H and O–H groups in total. The maximum atomic E-state index is 11.8. The van der Waals surface area contributed by atoms with Crippen molar-refractivity contribution in [3.8, 4) is 0 Å². The molecule has 0 spiro atoms. The van der Waals surface area contributed by atoms with Crippen LogP contribution in [-0.2, 0) is 0 Å². The summed E-state index contributed by atoms with van der Waals surface area (Å²) in [6.07, 6.45) is 0. The second-order valence-corrected chi connectivity index (χ2v) is 4.31. The van der Waals surface area contributed by atoms with E-state index in [0.29, 0.717) is 5.69 Å². The second-order valence-electron chi connectivity index (χ2n) is 3.59. The largest absolute Gasteiger partial charge is 0.320 e. The Kier molecular flexibility index (Phi) is 3.01. The zero-order chi connectivity index (χ0) is 11.5. The fourth-order valence-electron chi connectivity index (χ4n) is 1.51. The highest BCUT2D eigenvalue weighted by Gasteiger charge is 2.10. The van der Waals surface area contributed by atoms with Gasteiger partial charge >= 0.3 is 0 Å². The normalized spacial score (nSPS) is 10.1. The fraction of sp³-hybridized carbons (Fsp3) is 0.167. The number of hydrogen-bond donors (Lipinski definition) is 1. The Bertz CT molecular complexity index is 485. The minimum atomic E-state index is -0.154. The van der Waals surface area contributed by atoms with E-state index in [9.17, 15) is 4.79 Å². The first-order chi connectivity index (χ1) is 7.68. The molecule has 0 radical (unpaired) electrons. The Labute approximate surface area is 98.2 Å². The lowest BCUT2D eigenvalue weighted by Gasteiger charge is -2.10. The summed E-state index contributed by atoms with van der Waals surface area (Å²) in [5.74, 6) is -0.154. The van der Waals surface area contributed by atoms with E-state index >= 15 is 0 Å². The summed E-state index contributed by atoms with van der Waals surface area (Å²) in [6.45, 7) is 3.95. The third-order valence-corrected chi connectivity index (χ3v) is 2.97. The van der Waals surface area contributed by atoms with Gasteiger partial charge in [-0.1, -0.05) is 18.2 Å². The van der Waals surface area contributed by atoms with E-state index in [2.05, 4.69) is 10.3 Å². The molecule has 82 valence electrons. The number of amides is 1. The molecule has 16 heavy (non-hydrogen) atoms. The molecule has 2 aromatic rings. The summed E-state index contributed by atoms with van der Waals surface area (Å²) in [6, 6.07) is 5.93. The minimum absolute atomic E-state index is 0.154.